The fourth-order valence-corrected chi connectivity index (χ4v) is 2.27. The second kappa shape index (κ2) is 6.51. The Morgan fingerprint density at radius 2 is 1.82 bits per heavy atom. The fourth-order valence-electron chi connectivity index (χ4n) is 2.27. The highest BCUT2D eigenvalue weighted by molar-refractivity contribution is 5.98. The summed E-state index contributed by atoms with van der Waals surface area (Å²) in [6, 6.07) is 7.99. The van der Waals surface area contributed by atoms with Gasteiger partial charge in [0, 0.05) is 23.7 Å². The molecule has 0 aliphatic heterocycles. The SMILES string of the molecule is CCCCNc1nnc(-c2nnc(CC)o2)c2ccccc12. The predicted molar refractivity (Wildman–Crippen MR) is 85.6 cm³/mol. The molecule has 22 heavy (non-hydrogen) atoms. The monoisotopic (exact) mass is 297 g/mol. The molecule has 0 bridgehead atoms. The quantitative estimate of drug-likeness (QED) is 0.702. The summed E-state index contributed by atoms with van der Waals surface area (Å²) < 4.78 is 5.62. The first-order chi connectivity index (χ1) is 10.8. The highest BCUT2D eigenvalue weighted by Crippen LogP contribution is 2.28. The molecule has 0 radical (unpaired) electrons. The van der Waals surface area contributed by atoms with E-state index in [0.29, 0.717) is 23.9 Å². The lowest BCUT2D eigenvalue weighted by Gasteiger charge is -2.09. The molecule has 0 atom stereocenters. The van der Waals surface area contributed by atoms with Gasteiger partial charge in [0.15, 0.2) is 11.5 Å². The molecule has 6 heteroatoms. The van der Waals surface area contributed by atoms with Crippen LogP contribution in [-0.2, 0) is 6.42 Å². The van der Waals surface area contributed by atoms with Crippen molar-refractivity contribution in [2.75, 3.05) is 11.9 Å². The van der Waals surface area contributed by atoms with Crippen LogP contribution in [0.4, 0.5) is 5.82 Å². The molecule has 1 aromatic carbocycles. The van der Waals surface area contributed by atoms with Crippen molar-refractivity contribution in [1.29, 1.82) is 0 Å². The zero-order chi connectivity index (χ0) is 15.4. The summed E-state index contributed by atoms with van der Waals surface area (Å²) in [4.78, 5) is 0. The van der Waals surface area contributed by atoms with Crippen molar-refractivity contribution in [2.24, 2.45) is 0 Å². The van der Waals surface area contributed by atoms with Gasteiger partial charge in [0.05, 0.1) is 0 Å². The van der Waals surface area contributed by atoms with Crippen molar-refractivity contribution in [3.63, 3.8) is 0 Å². The Labute approximate surface area is 129 Å². The van der Waals surface area contributed by atoms with E-state index in [1.54, 1.807) is 0 Å². The summed E-state index contributed by atoms with van der Waals surface area (Å²) >= 11 is 0. The van der Waals surface area contributed by atoms with Gasteiger partial charge in [-0.3, -0.25) is 0 Å². The van der Waals surface area contributed by atoms with E-state index in [4.69, 9.17) is 4.42 Å². The molecule has 0 aliphatic carbocycles. The van der Waals surface area contributed by atoms with E-state index >= 15 is 0 Å². The lowest BCUT2D eigenvalue weighted by atomic mass is 10.1. The van der Waals surface area contributed by atoms with Gasteiger partial charge in [-0.25, -0.2) is 0 Å². The van der Waals surface area contributed by atoms with Gasteiger partial charge in [-0.15, -0.1) is 20.4 Å². The Morgan fingerprint density at radius 3 is 2.55 bits per heavy atom. The molecule has 0 fully saturated rings. The Bertz CT molecular complexity index is 768. The average molecular weight is 297 g/mol. The first kappa shape index (κ1) is 14.4. The number of nitrogens with zero attached hydrogens (tertiary/aromatic N) is 4. The highest BCUT2D eigenvalue weighted by atomic mass is 16.4. The van der Waals surface area contributed by atoms with E-state index in [9.17, 15) is 0 Å². The first-order valence-electron chi connectivity index (χ1n) is 7.65. The van der Waals surface area contributed by atoms with Crippen LogP contribution in [0.25, 0.3) is 22.4 Å². The van der Waals surface area contributed by atoms with Crippen LogP contribution >= 0.6 is 0 Å². The van der Waals surface area contributed by atoms with E-state index in [0.717, 1.165) is 36.0 Å². The summed E-state index contributed by atoms with van der Waals surface area (Å²) in [5.41, 5.74) is 0.629. The van der Waals surface area contributed by atoms with Crippen molar-refractivity contribution in [3.05, 3.63) is 30.2 Å². The first-order valence-corrected chi connectivity index (χ1v) is 7.65. The molecule has 114 valence electrons. The van der Waals surface area contributed by atoms with Gasteiger partial charge in [-0.2, -0.15) is 0 Å². The predicted octanol–water partition coefficient (Wildman–Crippen LogP) is 3.45. The van der Waals surface area contributed by atoms with Crippen LogP contribution in [0.1, 0.15) is 32.6 Å². The van der Waals surface area contributed by atoms with E-state index in [1.807, 2.05) is 31.2 Å². The Morgan fingerprint density at radius 1 is 1.00 bits per heavy atom. The van der Waals surface area contributed by atoms with Crippen LogP contribution in [0.3, 0.4) is 0 Å². The smallest absolute Gasteiger partial charge is 0.268 e. The molecule has 2 aromatic heterocycles. The largest absolute Gasteiger partial charge is 0.419 e. The van der Waals surface area contributed by atoms with Gasteiger partial charge >= 0.3 is 0 Å². The minimum Gasteiger partial charge on any atom is -0.419 e. The third-order valence-corrected chi connectivity index (χ3v) is 3.48. The summed E-state index contributed by atoms with van der Waals surface area (Å²) in [7, 11) is 0. The third-order valence-electron chi connectivity index (χ3n) is 3.48. The number of rotatable bonds is 6. The molecular weight excluding hydrogens is 278 g/mol. The molecule has 3 rings (SSSR count). The Hall–Kier alpha value is -2.50. The van der Waals surface area contributed by atoms with Crippen LogP contribution in [0.5, 0.6) is 0 Å². The van der Waals surface area contributed by atoms with Crippen molar-refractivity contribution < 1.29 is 4.42 Å². The van der Waals surface area contributed by atoms with Crippen LogP contribution in [-0.4, -0.2) is 26.9 Å². The Balaban J connectivity index is 2.03. The maximum Gasteiger partial charge on any atom is 0.268 e. The molecule has 0 saturated heterocycles. The van der Waals surface area contributed by atoms with Crippen LogP contribution in [0.2, 0.25) is 0 Å². The molecule has 1 N–H and O–H groups in total. The number of nitrogens with one attached hydrogen (secondary N) is 1. The fraction of sp³-hybridized carbons (Fsp3) is 0.375. The highest BCUT2D eigenvalue weighted by Gasteiger charge is 2.15. The van der Waals surface area contributed by atoms with Gasteiger partial charge in [-0.05, 0) is 6.42 Å². The van der Waals surface area contributed by atoms with E-state index in [1.165, 1.54) is 0 Å². The molecule has 0 spiro atoms. The zero-order valence-corrected chi connectivity index (χ0v) is 12.8. The van der Waals surface area contributed by atoms with Crippen LogP contribution < -0.4 is 5.32 Å². The second-order valence-electron chi connectivity index (χ2n) is 5.08. The lowest BCUT2D eigenvalue weighted by Crippen LogP contribution is -2.05. The number of hydrogen-bond acceptors (Lipinski definition) is 6. The van der Waals surface area contributed by atoms with Gasteiger partial charge < -0.3 is 9.73 Å². The summed E-state index contributed by atoms with van der Waals surface area (Å²) in [5, 5.41) is 22.0. The normalized spacial score (nSPS) is 11.0. The summed E-state index contributed by atoms with van der Waals surface area (Å²) in [6.45, 7) is 5.02. The average Bonchev–Trinajstić information content (AvgIpc) is 3.04. The number of unbranched alkanes of at least 4 members (excludes halogenated alkanes) is 1. The molecule has 2 heterocycles. The number of hydrogen-bond donors (Lipinski definition) is 1. The van der Waals surface area contributed by atoms with Gasteiger partial charge in [-0.1, -0.05) is 44.5 Å². The van der Waals surface area contributed by atoms with Gasteiger partial charge in [0.25, 0.3) is 5.89 Å². The maximum absolute atomic E-state index is 5.62. The molecule has 0 aliphatic rings. The number of benzene rings is 1. The molecule has 0 unspecified atom stereocenters. The van der Waals surface area contributed by atoms with Gasteiger partial charge in [0.1, 0.15) is 0 Å². The zero-order valence-electron chi connectivity index (χ0n) is 12.8. The maximum atomic E-state index is 5.62. The van der Waals surface area contributed by atoms with Crippen LogP contribution in [0, 0.1) is 0 Å². The summed E-state index contributed by atoms with van der Waals surface area (Å²) in [6.07, 6.45) is 2.94. The van der Waals surface area contributed by atoms with Crippen LogP contribution in [0.15, 0.2) is 28.7 Å². The van der Waals surface area contributed by atoms with E-state index in [-0.39, 0.29) is 0 Å². The summed E-state index contributed by atoms with van der Waals surface area (Å²) in [5.74, 6) is 1.81. The van der Waals surface area contributed by atoms with Crippen molar-refractivity contribution >= 4 is 16.6 Å². The van der Waals surface area contributed by atoms with Crippen molar-refractivity contribution in [1.82, 2.24) is 20.4 Å². The molecule has 0 saturated carbocycles. The standard InChI is InChI=1S/C16H19N5O/c1-3-5-10-17-15-12-9-7-6-8-11(12)14(19-20-15)16-21-18-13(4-2)22-16/h6-9H,3-5,10H2,1-2H3,(H,17,20). The minimum absolute atomic E-state index is 0.417. The number of anilines is 1. The van der Waals surface area contributed by atoms with E-state index < -0.39 is 0 Å². The number of aromatic nitrogens is 4. The number of aryl methyl sites for hydroxylation is 1. The van der Waals surface area contributed by atoms with Gasteiger partial charge in [0.2, 0.25) is 5.89 Å². The van der Waals surface area contributed by atoms with Crippen molar-refractivity contribution in [2.45, 2.75) is 33.1 Å². The number of fused-ring (bicyclic) bond motifs is 1. The lowest BCUT2D eigenvalue weighted by molar-refractivity contribution is 0.511. The third kappa shape index (κ3) is 2.77. The molecular formula is C16H19N5O. The van der Waals surface area contributed by atoms with Crippen molar-refractivity contribution in [3.8, 4) is 11.6 Å². The molecule has 3 aromatic rings. The topological polar surface area (TPSA) is 76.7 Å². The Kier molecular flexibility index (Phi) is 4.27. The second-order valence-corrected chi connectivity index (χ2v) is 5.08. The molecule has 6 nitrogen and oxygen atoms in total. The minimum atomic E-state index is 0.417. The van der Waals surface area contributed by atoms with E-state index in [2.05, 4.69) is 32.6 Å². The molecule has 0 amide bonds.